The standard InChI is InChI=1S/C17H20ClN3O2/c1-17(2,3)21-16(22)20-15-14(9-6-10-19-15)23-11-12-7-4-5-8-13(12)18/h4-10H,11H2,1-3H3,(H2,19,20,21,22). The van der Waals surface area contributed by atoms with E-state index < -0.39 is 0 Å². The van der Waals surface area contributed by atoms with E-state index in [1.54, 1.807) is 24.4 Å². The Morgan fingerprint density at radius 3 is 2.65 bits per heavy atom. The molecule has 23 heavy (non-hydrogen) atoms. The molecule has 2 N–H and O–H groups in total. The highest BCUT2D eigenvalue weighted by Crippen LogP contribution is 2.24. The first kappa shape index (κ1) is 17.1. The molecule has 6 heteroatoms. The topological polar surface area (TPSA) is 63.2 Å². The lowest BCUT2D eigenvalue weighted by molar-refractivity contribution is 0.243. The second kappa shape index (κ2) is 7.33. The average Bonchev–Trinajstić information content (AvgIpc) is 2.46. The number of carbonyl (C=O) groups is 1. The molecule has 0 saturated heterocycles. The number of amides is 2. The molecule has 2 amide bonds. The zero-order valence-corrected chi connectivity index (χ0v) is 14.1. The first-order valence-electron chi connectivity index (χ1n) is 7.25. The molecule has 0 aliphatic heterocycles. The minimum atomic E-state index is -0.336. The summed E-state index contributed by atoms with van der Waals surface area (Å²) < 4.78 is 5.75. The van der Waals surface area contributed by atoms with Crippen LogP contribution in [-0.4, -0.2) is 16.6 Å². The van der Waals surface area contributed by atoms with Crippen molar-refractivity contribution in [3.63, 3.8) is 0 Å². The van der Waals surface area contributed by atoms with E-state index in [1.807, 2.05) is 39.0 Å². The summed E-state index contributed by atoms with van der Waals surface area (Å²) in [5, 5.41) is 6.15. The lowest BCUT2D eigenvalue weighted by Crippen LogP contribution is -2.43. The predicted molar refractivity (Wildman–Crippen MR) is 91.9 cm³/mol. The van der Waals surface area contributed by atoms with E-state index in [0.29, 0.717) is 23.2 Å². The van der Waals surface area contributed by atoms with Crippen LogP contribution in [0.3, 0.4) is 0 Å². The number of anilines is 1. The van der Waals surface area contributed by atoms with Crippen LogP contribution in [0.15, 0.2) is 42.6 Å². The number of hydrogen-bond acceptors (Lipinski definition) is 3. The quantitative estimate of drug-likeness (QED) is 0.879. The monoisotopic (exact) mass is 333 g/mol. The maximum atomic E-state index is 12.0. The van der Waals surface area contributed by atoms with Crippen LogP contribution >= 0.6 is 11.6 Å². The van der Waals surface area contributed by atoms with E-state index >= 15 is 0 Å². The summed E-state index contributed by atoms with van der Waals surface area (Å²) in [6.45, 7) is 6.00. The normalized spacial score (nSPS) is 11.0. The highest BCUT2D eigenvalue weighted by Gasteiger charge is 2.15. The highest BCUT2D eigenvalue weighted by molar-refractivity contribution is 6.31. The summed E-state index contributed by atoms with van der Waals surface area (Å²) in [5.74, 6) is 0.845. The highest BCUT2D eigenvalue weighted by atomic mass is 35.5. The molecule has 5 nitrogen and oxygen atoms in total. The molecule has 0 aliphatic rings. The van der Waals surface area contributed by atoms with Gasteiger partial charge in [0.25, 0.3) is 0 Å². The summed E-state index contributed by atoms with van der Waals surface area (Å²) >= 11 is 6.11. The molecule has 1 aromatic carbocycles. The molecule has 0 radical (unpaired) electrons. The van der Waals surface area contributed by atoms with Gasteiger partial charge in [0, 0.05) is 22.3 Å². The lowest BCUT2D eigenvalue weighted by atomic mass is 10.1. The molecule has 0 saturated carbocycles. The minimum absolute atomic E-state index is 0.293. The van der Waals surface area contributed by atoms with Gasteiger partial charge in [0.1, 0.15) is 6.61 Å². The van der Waals surface area contributed by atoms with Gasteiger partial charge in [-0.3, -0.25) is 5.32 Å². The van der Waals surface area contributed by atoms with E-state index in [4.69, 9.17) is 16.3 Å². The van der Waals surface area contributed by atoms with Crippen LogP contribution in [0.5, 0.6) is 5.75 Å². The summed E-state index contributed by atoms with van der Waals surface area (Å²) in [4.78, 5) is 16.1. The molecule has 122 valence electrons. The number of carbonyl (C=O) groups excluding carboxylic acids is 1. The zero-order chi connectivity index (χ0) is 16.9. The van der Waals surface area contributed by atoms with Crippen molar-refractivity contribution < 1.29 is 9.53 Å². The predicted octanol–water partition coefficient (Wildman–Crippen LogP) is 4.23. The van der Waals surface area contributed by atoms with Gasteiger partial charge in [-0.2, -0.15) is 0 Å². The number of nitrogens with zero attached hydrogens (tertiary/aromatic N) is 1. The van der Waals surface area contributed by atoms with E-state index in [9.17, 15) is 4.79 Å². The van der Waals surface area contributed by atoms with Gasteiger partial charge < -0.3 is 10.1 Å². The average molecular weight is 334 g/mol. The number of urea groups is 1. The minimum Gasteiger partial charge on any atom is -0.485 e. The van der Waals surface area contributed by atoms with Crippen LogP contribution in [0.25, 0.3) is 0 Å². The van der Waals surface area contributed by atoms with Crippen molar-refractivity contribution in [3.8, 4) is 5.75 Å². The van der Waals surface area contributed by atoms with Crippen molar-refractivity contribution >= 4 is 23.4 Å². The Morgan fingerprint density at radius 1 is 1.22 bits per heavy atom. The number of aromatic nitrogens is 1. The fraction of sp³-hybridized carbons (Fsp3) is 0.294. The number of hydrogen-bond donors (Lipinski definition) is 2. The van der Waals surface area contributed by atoms with Crippen LogP contribution in [0.2, 0.25) is 5.02 Å². The molecule has 2 rings (SSSR count). The number of halogens is 1. The first-order chi connectivity index (χ1) is 10.8. The molecule has 1 heterocycles. The molecule has 1 aromatic heterocycles. The Morgan fingerprint density at radius 2 is 1.96 bits per heavy atom. The number of nitrogens with one attached hydrogen (secondary N) is 2. The third kappa shape index (κ3) is 5.45. The Hall–Kier alpha value is -2.27. The van der Waals surface area contributed by atoms with Crippen LogP contribution in [0, 0.1) is 0 Å². The lowest BCUT2D eigenvalue weighted by Gasteiger charge is -2.21. The van der Waals surface area contributed by atoms with Crippen molar-refractivity contribution in [2.45, 2.75) is 32.9 Å². The number of pyridine rings is 1. The van der Waals surface area contributed by atoms with Gasteiger partial charge in [-0.05, 0) is 39.0 Å². The zero-order valence-electron chi connectivity index (χ0n) is 13.4. The third-order valence-electron chi connectivity index (χ3n) is 2.83. The molecule has 2 aromatic rings. The van der Waals surface area contributed by atoms with Crippen molar-refractivity contribution in [2.24, 2.45) is 0 Å². The Bertz CT molecular complexity index is 684. The second-order valence-corrected chi connectivity index (χ2v) is 6.47. The van der Waals surface area contributed by atoms with Crippen LogP contribution in [0.4, 0.5) is 10.6 Å². The van der Waals surface area contributed by atoms with Crippen LogP contribution < -0.4 is 15.4 Å². The molecule has 0 spiro atoms. The van der Waals surface area contributed by atoms with E-state index in [0.717, 1.165) is 5.56 Å². The van der Waals surface area contributed by atoms with Gasteiger partial charge in [-0.25, -0.2) is 9.78 Å². The third-order valence-corrected chi connectivity index (χ3v) is 3.20. The summed E-state index contributed by atoms with van der Waals surface area (Å²) in [6, 6.07) is 10.6. The van der Waals surface area contributed by atoms with Gasteiger partial charge in [0.15, 0.2) is 11.6 Å². The van der Waals surface area contributed by atoms with Gasteiger partial charge in [-0.1, -0.05) is 29.8 Å². The fourth-order valence-corrected chi connectivity index (χ4v) is 2.04. The number of benzene rings is 1. The summed E-state index contributed by atoms with van der Waals surface area (Å²) in [7, 11) is 0. The van der Waals surface area contributed by atoms with Gasteiger partial charge in [0.2, 0.25) is 0 Å². The van der Waals surface area contributed by atoms with Crippen LogP contribution in [0.1, 0.15) is 26.3 Å². The van der Waals surface area contributed by atoms with Crippen molar-refractivity contribution in [1.82, 2.24) is 10.3 Å². The molecule has 0 atom stereocenters. The Labute approximate surface area is 141 Å². The molecule has 0 unspecified atom stereocenters. The largest absolute Gasteiger partial charge is 0.485 e. The van der Waals surface area contributed by atoms with Gasteiger partial charge >= 0.3 is 6.03 Å². The molecule has 0 bridgehead atoms. The number of ether oxygens (including phenoxy) is 1. The maximum absolute atomic E-state index is 12.0. The maximum Gasteiger partial charge on any atom is 0.320 e. The fourth-order valence-electron chi connectivity index (χ4n) is 1.85. The second-order valence-electron chi connectivity index (χ2n) is 6.06. The molecule has 0 aliphatic carbocycles. The molecule has 0 fully saturated rings. The molecular formula is C17H20ClN3O2. The van der Waals surface area contributed by atoms with E-state index in [-0.39, 0.29) is 11.6 Å². The van der Waals surface area contributed by atoms with Crippen LogP contribution in [-0.2, 0) is 6.61 Å². The van der Waals surface area contributed by atoms with Crippen molar-refractivity contribution in [3.05, 3.63) is 53.2 Å². The van der Waals surface area contributed by atoms with Gasteiger partial charge in [0.05, 0.1) is 0 Å². The van der Waals surface area contributed by atoms with E-state index in [1.165, 1.54) is 0 Å². The van der Waals surface area contributed by atoms with Gasteiger partial charge in [-0.15, -0.1) is 0 Å². The Kier molecular flexibility index (Phi) is 5.45. The Balaban J connectivity index is 2.06. The molecular weight excluding hydrogens is 314 g/mol. The van der Waals surface area contributed by atoms with Crippen molar-refractivity contribution in [1.29, 1.82) is 0 Å². The SMILES string of the molecule is CC(C)(C)NC(=O)Nc1ncccc1OCc1ccccc1Cl. The summed E-state index contributed by atoms with van der Waals surface area (Å²) in [6.07, 6.45) is 1.59. The first-order valence-corrected chi connectivity index (χ1v) is 7.63. The van der Waals surface area contributed by atoms with Crippen molar-refractivity contribution in [2.75, 3.05) is 5.32 Å². The van der Waals surface area contributed by atoms with E-state index in [2.05, 4.69) is 15.6 Å². The summed E-state index contributed by atoms with van der Waals surface area (Å²) in [5.41, 5.74) is 0.528. The number of rotatable bonds is 4. The smallest absolute Gasteiger partial charge is 0.320 e.